The molecule has 1 aromatic heterocycles. The lowest BCUT2D eigenvalue weighted by Crippen LogP contribution is -2.25. The number of nitrogens with zero attached hydrogens (tertiary/aromatic N) is 2. The number of pyridine rings is 1. The van der Waals surface area contributed by atoms with E-state index in [4.69, 9.17) is 5.26 Å². The SMILES string of the molecule is N#Cc1cc2c(nc1C=O)CCNC2. The molecule has 4 nitrogen and oxygen atoms in total. The maximum absolute atomic E-state index is 10.6. The first kappa shape index (κ1) is 8.85. The third-order valence-electron chi connectivity index (χ3n) is 2.31. The Morgan fingerprint density at radius 2 is 2.50 bits per heavy atom. The molecule has 0 atom stereocenters. The normalized spacial score (nSPS) is 14.2. The monoisotopic (exact) mass is 187 g/mol. The molecule has 0 radical (unpaired) electrons. The molecule has 1 aliphatic heterocycles. The first-order valence-electron chi connectivity index (χ1n) is 4.44. The predicted molar refractivity (Wildman–Crippen MR) is 49.8 cm³/mol. The summed E-state index contributed by atoms with van der Waals surface area (Å²) in [7, 11) is 0. The van der Waals surface area contributed by atoms with E-state index in [0.29, 0.717) is 11.8 Å². The van der Waals surface area contributed by atoms with Gasteiger partial charge in [0.05, 0.1) is 5.56 Å². The van der Waals surface area contributed by atoms with Crippen LogP contribution < -0.4 is 5.32 Å². The Balaban J connectivity index is 2.56. The number of aromatic nitrogens is 1. The number of hydrogen-bond donors (Lipinski definition) is 1. The molecule has 1 N–H and O–H groups in total. The fraction of sp³-hybridized carbons (Fsp3) is 0.300. The van der Waals surface area contributed by atoms with Gasteiger partial charge < -0.3 is 5.32 Å². The zero-order chi connectivity index (χ0) is 9.97. The summed E-state index contributed by atoms with van der Waals surface area (Å²) in [6.07, 6.45) is 1.46. The van der Waals surface area contributed by atoms with Crippen LogP contribution >= 0.6 is 0 Å². The van der Waals surface area contributed by atoms with Gasteiger partial charge in [0, 0.05) is 25.2 Å². The van der Waals surface area contributed by atoms with Crippen molar-refractivity contribution in [2.24, 2.45) is 0 Å². The van der Waals surface area contributed by atoms with Crippen LogP contribution in [0.2, 0.25) is 0 Å². The molecule has 0 saturated heterocycles. The zero-order valence-electron chi connectivity index (χ0n) is 7.58. The summed E-state index contributed by atoms with van der Waals surface area (Å²) in [6, 6.07) is 3.72. The molecule has 1 aromatic rings. The molecule has 0 aromatic carbocycles. The molecule has 14 heavy (non-hydrogen) atoms. The standard InChI is InChI=1S/C10H9N3O/c11-4-7-3-8-5-12-2-1-9(8)13-10(7)6-14/h3,6,12H,1-2,5H2. The number of nitrogens with one attached hydrogen (secondary N) is 1. The van der Waals surface area contributed by atoms with Crippen molar-refractivity contribution in [3.63, 3.8) is 0 Å². The van der Waals surface area contributed by atoms with Crippen molar-refractivity contribution in [1.29, 1.82) is 5.26 Å². The third kappa shape index (κ3) is 1.38. The number of carbonyl (C=O) groups excluding carboxylic acids is 1. The van der Waals surface area contributed by atoms with E-state index in [1.165, 1.54) is 0 Å². The molecule has 0 saturated carbocycles. The number of rotatable bonds is 1. The van der Waals surface area contributed by atoms with Crippen LogP contribution in [0.5, 0.6) is 0 Å². The number of nitriles is 1. The molecule has 0 amide bonds. The molecular formula is C10H9N3O. The second-order valence-corrected chi connectivity index (χ2v) is 3.18. The van der Waals surface area contributed by atoms with E-state index in [1.807, 2.05) is 6.07 Å². The molecule has 0 bridgehead atoms. The highest BCUT2D eigenvalue weighted by molar-refractivity contribution is 5.76. The van der Waals surface area contributed by atoms with Crippen LogP contribution in [-0.2, 0) is 13.0 Å². The fourth-order valence-corrected chi connectivity index (χ4v) is 1.59. The topological polar surface area (TPSA) is 65.8 Å². The maximum Gasteiger partial charge on any atom is 0.169 e. The lowest BCUT2D eigenvalue weighted by atomic mass is 10.0. The van der Waals surface area contributed by atoms with E-state index >= 15 is 0 Å². The van der Waals surface area contributed by atoms with Crippen molar-refractivity contribution >= 4 is 6.29 Å². The summed E-state index contributed by atoms with van der Waals surface area (Å²) in [5.41, 5.74) is 2.58. The lowest BCUT2D eigenvalue weighted by molar-refractivity contribution is 0.111. The highest BCUT2D eigenvalue weighted by Gasteiger charge is 2.13. The van der Waals surface area contributed by atoms with E-state index in [1.54, 1.807) is 6.07 Å². The van der Waals surface area contributed by atoms with Crippen molar-refractivity contribution in [1.82, 2.24) is 10.3 Å². The summed E-state index contributed by atoms with van der Waals surface area (Å²) in [5.74, 6) is 0. The smallest absolute Gasteiger partial charge is 0.169 e. The summed E-state index contributed by atoms with van der Waals surface area (Å²) < 4.78 is 0. The summed E-state index contributed by atoms with van der Waals surface area (Å²) in [6.45, 7) is 1.61. The van der Waals surface area contributed by atoms with Crippen molar-refractivity contribution < 1.29 is 4.79 Å². The summed E-state index contributed by atoms with van der Waals surface area (Å²) in [4.78, 5) is 14.8. The zero-order valence-corrected chi connectivity index (χ0v) is 7.58. The Morgan fingerprint density at radius 1 is 1.64 bits per heavy atom. The number of carbonyl (C=O) groups is 1. The quantitative estimate of drug-likeness (QED) is 0.647. The maximum atomic E-state index is 10.6. The van der Waals surface area contributed by atoms with Crippen LogP contribution in [0.1, 0.15) is 27.3 Å². The van der Waals surface area contributed by atoms with E-state index in [-0.39, 0.29) is 5.69 Å². The van der Waals surface area contributed by atoms with Gasteiger partial charge in [0.2, 0.25) is 0 Å². The van der Waals surface area contributed by atoms with Gasteiger partial charge in [0.25, 0.3) is 0 Å². The van der Waals surface area contributed by atoms with E-state index in [9.17, 15) is 4.79 Å². The molecule has 0 unspecified atom stereocenters. The fourth-order valence-electron chi connectivity index (χ4n) is 1.59. The highest BCUT2D eigenvalue weighted by atomic mass is 16.1. The predicted octanol–water partition coefficient (Wildman–Crippen LogP) is 0.411. The van der Waals surface area contributed by atoms with Crippen molar-refractivity contribution in [3.8, 4) is 6.07 Å². The number of fused-ring (bicyclic) bond motifs is 1. The molecule has 0 spiro atoms. The van der Waals surface area contributed by atoms with Gasteiger partial charge in [-0.2, -0.15) is 5.26 Å². The minimum absolute atomic E-state index is 0.258. The summed E-state index contributed by atoms with van der Waals surface area (Å²) in [5, 5.41) is 12.0. The lowest BCUT2D eigenvalue weighted by Gasteiger charge is -2.16. The van der Waals surface area contributed by atoms with Crippen LogP contribution in [0, 0.1) is 11.3 Å². The van der Waals surface area contributed by atoms with Gasteiger partial charge in [0.1, 0.15) is 11.8 Å². The van der Waals surface area contributed by atoms with Crippen LogP contribution in [-0.4, -0.2) is 17.8 Å². The van der Waals surface area contributed by atoms with E-state index in [0.717, 1.165) is 30.8 Å². The molecule has 2 heterocycles. The Labute approximate surface area is 81.6 Å². The van der Waals surface area contributed by atoms with Gasteiger partial charge in [-0.05, 0) is 11.6 Å². The summed E-state index contributed by atoms with van der Waals surface area (Å²) >= 11 is 0. The second kappa shape index (κ2) is 3.56. The molecule has 0 fully saturated rings. The van der Waals surface area contributed by atoms with Gasteiger partial charge in [0.15, 0.2) is 6.29 Å². The van der Waals surface area contributed by atoms with Crippen molar-refractivity contribution in [3.05, 3.63) is 28.6 Å². The first-order valence-corrected chi connectivity index (χ1v) is 4.44. The van der Waals surface area contributed by atoms with Crippen molar-refractivity contribution in [2.45, 2.75) is 13.0 Å². The van der Waals surface area contributed by atoms with Gasteiger partial charge in [-0.1, -0.05) is 0 Å². The van der Waals surface area contributed by atoms with Crippen LogP contribution in [0.4, 0.5) is 0 Å². The second-order valence-electron chi connectivity index (χ2n) is 3.18. The highest BCUT2D eigenvalue weighted by Crippen LogP contribution is 2.15. The number of hydrogen-bond acceptors (Lipinski definition) is 4. The largest absolute Gasteiger partial charge is 0.312 e. The molecule has 70 valence electrons. The van der Waals surface area contributed by atoms with Crippen molar-refractivity contribution in [2.75, 3.05) is 6.54 Å². The molecule has 2 rings (SSSR count). The average molecular weight is 187 g/mol. The molecule has 0 aliphatic carbocycles. The Bertz CT molecular complexity index is 420. The number of aldehydes is 1. The van der Waals surface area contributed by atoms with Crippen LogP contribution in [0.3, 0.4) is 0 Å². The van der Waals surface area contributed by atoms with Crippen LogP contribution in [0.15, 0.2) is 6.07 Å². The first-order chi connectivity index (χ1) is 6.85. The average Bonchev–Trinajstić information content (AvgIpc) is 2.27. The van der Waals surface area contributed by atoms with E-state index < -0.39 is 0 Å². The molecular weight excluding hydrogens is 178 g/mol. The molecule has 1 aliphatic rings. The van der Waals surface area contributed by atoms with Gasteiger partial charge >= 0.3 is 0 Å². The Hall–Kier alpha value is -1.73. The minimum Gasteiger partial charge on any atom is -0.312 e. The van der Waals surface area contributed by atoms with Gasteiger partial charge in [-0.15, -0.1) is 0 Å². The Morgan fingerprint density at radius 3 is 3.21 bits per heavy atom. The molecule has 4 heteroatoms. The Kier molecular flexibility index (Phi) is 2.25. The van der Waals surface area contributed by atoms with Crippen LogP contribution in [0.25, 0.3) is 0 Å². The minimum atomic E-state index is 0.258. The van der Waals surface area contributed by atoms with E-state index in [2.05, 4.69) is 10.3 Å². The van der Waals surface area contributed by atoms with Gasteiger partial charge in [-0.25, -0.2) is 4.98 Å². The third-order valence-corrected chi connectivity index (χ3v) is 2.31. The van der Waals surface area contributed by atoms with Gasteiger partial charge in [-0.3, -0.25) is 4.79 Å².